The van der Waals surface area contributed by atoms with Crippen LogP contribution < -0.4 is 10.1 Å². The maximum absolute atomic E-state index is 12.2. The summed E-state index contributed by atoms with van der Waals surface area (Å²) in [6.07, 6.45) is 1.40. The van der Waals surface area contributed by atoms with E-state index in [0.717, 1.165) is 28.9 Å². The van der Waals surface area contributed by atoms with Crippen LogP contribution in [0.15, 0.2) is 42.5 Å². The van der Waals surface area contributed by atoms with Gasteiger partial charge in [-0.15, -0.1) is 0 Å². The number of hydrogen-bond donors (Lipinski definition) is 1. The monoisotopic (exact) mass is 311 g/mol. The molecule has 2 aromatic rings. The second-order valence-corrected chi connectivity index (χ2v) is 5.87. The topological polar surface area (TPSA) is 38.3 Å². The molecule has 0 saturated carbocycles. The van der Waals surface area contributed by atoms with Crippen LogP contribution in [0.1, 0.15) is 42.1 Å². The van der Waals surface area contributed by atoms with Crippen molar-refractivity contribution in [3.05, 3.63) is 64.7 Å². The molecule has 1 amide bonds. The van der Waals surface area contributed by atoms with Crippen LogP contribution in [0.4, 0.5) is 0 Å². The summed E-state index contributed by atoms with van der Waals surface area (Å²) < 4.78 is 5.25. The molecule has 2 rings (SSSR count). The van der Waals surface area contributed by atoms with Crippen molar-refractivity contribution in [1.29, 1.82) is 0 Å². The van der Waals surface area contributed by atoms with Crippen molar-refractivity contribution in [3.8, 4) is 5.75 Å². The van der Waals surface area contributed by atoms with Crippen LogP contribution in [0, 0.1) is 6.92 Å². The Bertz CT molecular complexity index is 662. The molecule has 0 unspecified atom stereocenters. The van der Waals surface area contributed by atoms with Gasteiger partial charge in [-0.25, -0.2) is 0 Å². The minimum Gasteiger partial charge on any atom is -0.496 e. The lowest BCUT2D eigenvalue weighted by molar-refractivity contribution is -0.121. The van der Waals surface area contributed by atoms with Gasteiger partial charge < -0.3 is 10.1 Å². The molecule has 0 saturated heterocycles. The first-order valence-corrected chi connectivity index (χ1v) is 8.05. The number of methoxy groups -OCH3 is 1. The zero-order chi connectivity index (χ0) is 16.8. The van der Waals surface area contributed by atoms with Gasteiger partial charge in [-0.1, -0.05) is 43.3 Å². The van der Waals surface area contributed by atoms with Crippen LogP contribution in [0.25, 0.3) is 0 Å². The Morgan fingerprint density at radius 3 is 2.35 bits per heavy atom. The Hall–Kier alpha value is -2.29. The molecule has 0 aliphatic carbocycles. The molecule has 0 radical (unpaired) electrons. The van der Waals surface area contributed by atoms with Crippen molar-refractivity contribution in [2.45, 2.75) is 39.7 Å². The first-order chi connectivity index (χ1) is 11.0. The van der Waals surface area contributed by atoms with Gasteiger partial charge in [0.15, 0.2) is 0 Å². The highest BCUT2D eigenvalue weighted by atomic mass is 16.5. The van der Waals surface area contributed by atoms with Crippen molar-refractivity contribution in [1.82, 2.24) is 5.32 Å². The van der Waals surface area contributed by atoms with E-state index < -0.39 is 0 Å². The number of carbonyl (C=O) groups is 1. The molecule has 23 heavy (non-hydrogen) atoms. The number of amides is 1. The summed E-state index contributed by atoms with van der Waals surface area (Å²) in [4.78, 5) is 12.2. The van der Waals surface area contributed by atoms with Gasteiger partial charge in [-0.2, -0.15) is 0 Å². The smallest absolute Gasteiger partial charge is 0.224 e. The summed E-state index contributed by atoms with van der Waals surface area (Å²) in [6, 6.07) is 14.3. The lowest BCUT2D eigenvalue weighted by Gasteiger charge is -2.15. The van der Waals surface area contributed by atoms with Gasteiger partial charge in [0.05, 0.1) is 19.6 Å². The Morgan fingerprint density at radius 1 is 1.13 bits per heavy atom. The van der Waals surface area contributed by atoms with Gasteiger partial charge >= 0.3 is 0 Å². The number of rotatable bonds is 6. The fraction of sp³-hybridized carbons (Fsp3) is 0.350. The lowest BCUT2D eigenvalue weighted by Crippen LogP contribution is -2.28. The lowest BCUT2D eigenvalue weighted by atomic mass is 10.0. The van der Waals surface area contributed by atoms with Gasteiger partial charge in [-0.3, -0.25) is 4.79 Å². The highest BCUT2D eigenvalue weighted by Gasteiger charge is 2.11. The third-order valence-corrected chi connectivity index (χ3v) is 4.09. The molecular weight excluding hydrogens is 286 g/mol. The normalized spacial score (nSPS) is 11.8. The van der Waals surface area contributed by atoms with Crippen LogP contribution in [0.2, 0.25) is 0 Å². The molecule has 0 heterocycles. The van der Waals surface area contributed by atoms with Gasteiger partial charge in [0.1, 0.15) is 5.75 Å². The second-order valence-electron chi connectivity index (χ2n) is 5.87. The Kier molecular flexibility index (Phi) is 5.80. The molecule has 1 N–H and O–H groups in total. The largest absolute Gasteiger partial charge is 0.496 e. The van der Waals surface area contributed by atoms with Crippen molar-refractivity contribution in [2.75, 3.05) is 7.11 Å². The quantitative estimate of drug-likeness (QED) is 0.876. The van der Waals surface area contributed by atoms with E-state index in [2.05, 4.69) is 36.5 Å². The van der Waals surface area contributed by atoms with Crippen molar-refractivity contribution in [2.24, 2.45) is 0 Å². The molecule has 1 atom stereocenters. The van der Waals surface area contributed by atoms with Gasteiger partial charge in [0.25, 0.3) is 0 Å². The van der Waals surface area contributed by atoms with E-state index in [4.69, 9.17) is 4.74 Å². The molecule has 0 aliphatic rings. The molecule has 0 spiro atoms. The predicted molar refractivity (Wildman–Crippen MR) is 93.8 cm³/mol. The third kappa shape index (κ3) is 4.59. The Labute approximate surface area is 138 Å². The minimum atomic E-state index is 0.00718. The molecule has 122 valence electrons. The first kappa shape index (κ1) is 17.1. The van der Waals surface area contributed by atoms with E-state index in [9.17, 15) is 4.79 Å². The average molecular weight is 311 g/mol. The molecular formula is C20H25NO2. The van der Waals surface area contributed by atoms with Gasteiger partial charge in [-0.05, 0) is 48.6 Å². The molecule has 3 nitrogen and oxygen atoms in total. The van der Waals surface area contributed by atoms with Gasteiger partial charge in [0, 0.05) is 0 Å². The van der Waals surface area contributed by atoms with Gasteiger partial charge in [0.2, 0.25) is 5.91 Å². The maximum Gasteiger partial charge on any atom is 0.224 e. The standard InChI is InChI=1S/C20H25NO2/c1-5-16-6-9-18(10-7-16)15(3)21-20(22)13-17-8-11-19(23-4)14(2)12-17/h6-12,15H,5,13H2,1-4H3,(H,21,22)/t15-/m0/s1. The fourth-order valence-corrected chi connectivity index (χ4v) is 2.65. The predicted octanol–water partition coefficient (Wildman–Crippen LogP) is 3.99. The number of carbonyl (C=O) groups excluding carboxylic acids is 1. The minimum absolute atomic E-state index is 0.00718. The molecule has 2 aromatic carbocycles. The number of nitrogens with one attached hydrogen (secondary N) is 1. The van der Waals surface area contributed by atoms with E-state index in [-0.39, 0.29) is 11.9 Å². The average Bonchev–Trinajstić information content (AvgIpc) is 2.55. The number of benzene rings is 2. The maximum atomic E-state index is 12.2. The van der Waals surface area contributed by atoms with E-state index in [1.54, 1.807) is 7.11 Å². The second kappa shape index (κ2) is 7.82. The summed E-state index contributed by atoms with van der Waals surface area (Å²) in [5, 5.41) is 3.06. The molecule has 0 aliphatic heterocycles. The summed E-state index contributed by atoms with van der Waals surface area (Å²) >= 11 is 0. The van der Waals surface area contributed by atoms with E-state index in [0.29, 0.717) is 6.42 Å². The van der Waals surface area contributed by atoms with Crippen LogP contribution >= 0.6 is 0 Å². The Morgan fingerprint density at radius 2 is 1.78 bits per heavy atom. The molecule has 3 heteroatoms. The Balaban J connectivity index is 1.96. The zero-order valence-corrected chi connectivity index (χ0v) is 14.3. The number of ether oxygens (including phenoxy) is 1. The van der Waals surface area contributed by atoms with Crippen molar-refractivity contribution in [3.63, 3.8) is 0 Å². The number of hydrogen-bond acceptors (Lipinski definition) is 2. The van der Waals surface area contributed by atoms with Crippen LogP contribution in [0.3, 0.4) is 0 Å². The highest BCUT2D eigenvalue weighted by Crippen LogP contribution is 2.19. The third-order valence-electron chi connectivity index (χ3n) is 4.09. The van der Waals surface area contributed by atoms with Crippen molar-refractivity contribution < 1.29 is 9.53 Å². The van der Waals surface area contributed by atoms with Crippen LogP contribution in [-0.2, 0) is 17.6 Å². The first-order valence-electron chi connectivity index (χ1n) is 8.05. The SMILES string of the molecule is CCc1ccc([C@H](C)NC(=O)Cc2ccc(OC)c(C)c2)cc1. The zero-order valence-electron chi connectivity index (χ0n) is 14.3. The van der Waals surface area contributed by atoms with E-state index >= 15 is 0 Å². The van der Waals surface area contributed by atoms with Crippen molar-refractivity contribution >= 4 is 5.91 Å². The summed E-state index contributed by atoms with van der Waals surface area (Å²) in [6.45, 7) is 6.13. The van der Waals surface area contributed by atoms with Crippen LogP contribution in [-0.4, -0.2) is 13.0 Å². The summed E-state index contributed by atoms with van der Waals surface area (Å²) in [5.41, 5.74) is 4.47. The van der Waals surface area contributed by atoms with Crippen LogP contribution in [0.5, 0.6) is 5.75 Å². The molecule has 0 fully saturated rings. The van der Waals surface area contributed by atoms with E-state index in [1.165, 1.54) is 5.56 Å². The fourth-order valence-electron chi connectivity index (χ4n) is 2.65. The number of aryl methyl sites for hydroxylation is 2. The summed E-state index contributed by atoms with van der Waals surface area (Å²) in [5.74, 6) is 0.875. The highest BCUT2D eigenvalue weighted by molar-refractivity contribution is 5.79. The molecule has 0 bridgehead atoms. The molecule has 0 aromatic heterocycles. The van der Waals surface area contributed by atoms with E-state index in [1.807, 2.05) is 32.0 Å². The summed E-state index contributed by atoms with van der Waals surface area (Å²) in [7, 11) is 1.65.